The molecular weight excluding hydrogens is 393 g/mol. The summed E-state index contributed by atoms with van der Waals surface area (Å²) in [6.45, 7) is 7.73. The summed E-state index contributed by atoms with van der Waals surface area (Å²) in [6.07, 6.45) is 3.21. The summed E-state index contributed by atoms with van der Waals surface area (Å²) in [6, 6.07) is 10.2. The molecule has 160 valence electrons. The third-order valence-electron chi connectivity index (χ3n) is 4.35. The largest absolute Gasteiger partial charge is 0.490 e. The predicted octanol–water partition coefficient (Wildman–Crippen LogP) is 5.75. The molecule has 2 rings (SSSR count). The Morgan fingerprint density at radius 3 is 2.48 bits per heavy atom. The van der Waals surface area contributed by atoms with E-state index in [-0.39, 0.29) is 12.4 Å². The molecule has 2 aromatic rings. The summed E-state index contributed by atoms with van der Waals surface area (Å²) in [7, 11) is 0. The number of halogens is 2. The molecule has 0 radical (unpaired) electrons. The van der Waals surface area contributed by atoms with Crippen molar-refractivity contribution in [2.24, 2.45) is 0 Å². The SMILES string of the molecule is CCCCOCCCNCc1cc(OCC)c(OCc2ccccc2F)cc1Cl. The van der Waals surface area contributed by atoms with Crippen molar-refractivity contribution in [2.75, 3.05) is 26.4 Å². The van der Waals surface area contributed by atoms with E-state index in [1.807, 2.05) is 13.0 Å². The Bertz CT molecular complexity index is 742. The van der Waals surface area contributed by atoms with Crippen LogP contribution in [0.4, 0.5) is 4.39 Å². The van der Waals surface area contributed by atoms with E-state index in [2.05, 4.69) is 12.2 Å². The van der Waals surface area contributed by atoms with Crippen LogP contribution in [0.5, 0.6) is 11.5 Å². The fourth-order valence-corrected chi connectivity index (χ4v) is 2.96. The molecule has 0 unspecified atom stereocenters. The first-order chi connectivity index (χ1) is 14.2. The summed E-state index contributed by atoms with van der Waals surface area (Å²) in [5, 5.41) is 3.96. The molecule has 0 heterocycles. The highest BCUT2D eigenvalue weighted by Crippen LogP contribution is 2.34. The molecule has 0 aliphatic carbocycles. The zero-order valence-electron chi connectivity index (χ0n) is 17.3. The van der Waals surface area contributed by atoms with Crippen molar-refractivity contribution >= 4 is 11.6 Å². The lowest BCUT2D eigenvalue weighted by molar-refractivity contribution is 0.129. The van der Waals surface area contributed by atoms with Crippen molar-refractivity contribution in [1.82, 2.24) is 5.32 Å². The van der Waals surface area contributed by atoms with Gasteiger partial charge in [-0.2, -0.15) is 0 Å². The lowest BCUT2D eigenvalue weighted by Crippen LogP contribution is -2.17. The van der Waals surface area contributed by atoms with Crippen LogP contribution in [-0.2, 0) is 17.9 Å². The fourth-order valence-electron chi connectivity index (χ4n) is 2.74. The third kappa shape index (κ3) is 8.21. The first-order valence-electron chi connectivity index (χ1n) is 10.3. The number of benzene rings is 2. The second-order valence-corrected chi connectivity index (χ2v) is 7.11. The zero-order valence-corrected chi connectivity index (χ0v) is 18.1. The van der Waals surface area contributed by atoms with Gasteiger partial charge in [0.05, 0.1) is 6.61 Å². The van der Waals surface area contributed by atoms with Gasteiger partial charge in [-0.15, -0.1) is 0 Å². The number of hydrogen-bond acceptors (Lipinski definition) is 4. The molecule has 4 nitrogen and oxygen atoms in total. The standard InChI is InChI=1S/C23H31ClFNO3/c1-3-5-12-27-13-8-11-26-16-19-14-22(28-4-2)23(15-20(19)24)29-17-18-9-6-7-10-21(18)25/h6-7,9-10,14-15,26H,3-5,8,11-13,16-17H2,1-2H3. The summed E-state index contributed by atoms with van der Waals surface area (Å²) in [4.78, 5) is 0. The summed E-state index contributed by atoms with van der Waals surface area (Å²) >= 11 is 6.44. The number of ether oxygens (including phenoxy) is 3. The van der Waals surface area contributed by atoms with Gasteiger partial charge in [-0.25, -0.2) is 4.39 Å². The molecule has 1 N–H and O–H groups in total. The highest BCUT2D eigenvalue weighted by atomic mass is 35.5. The average molecular weight is 424 g/mol. The van der Waals surface area contributed by atoms with Crippen molar-refractivity contribution in [3.05, 3.63) is 58.4 Å². The third-order valence-corrected chi connectivity index (χ3v) is 4.71. The first kappa shape index (κ1) is 23.5. The van der Waals surface area contributed by atoms with Crippen molar-refractivity contribution < 1.29 is 18.6 Å². The van der Waals surface area contributed by atoms with Gasteiger partial charge in [0.25, 0.3) is 0 Å². The second kappa shape index (κ2) is 13.4. The summed E-state index contributed by atoms with van der Waals surface area (Å²) < 4.78 is 30.9. The van der Waals surface area contributed by atoms with Crippen LogP contribution in [0.3, 0.4) is 0 Å². The highest BCUT2D eigenvalue weighted by molar-refractivity contribution is 6.31. The molecule has 0 amide bonds. The van der Waals surface area contributed by atoms with E-state index < -0.39 is 0 Å². The van der Waals surface area contributed by atoms with Gasteiger partial charge in [-0.05, 0) is 44.0 Å². The topological polar surface area (TPSA) is 39.7 Å². The second-order valence-electron chi connectivity index (χ2n) is 6.70. The van der Waals surface area contributed by atoms with Crippen molar-refractivity contribution in [3.63, 3.8) is 0 Å². The molecule has 0 aliphatic heterocycles. The quantitative estimate of drug-likeness (QED) is 0.392. The van der Waals surface area contributed by atoms with Crippen LogP contribution in [0.25, 0.3) is 0 Å². The van der Waals surface area contributed by atoms with Crippen LogP contribution in [0.15, 0.2) is 36.4 Å². The van der Waals surface area contributed by atoms with Crippen LogP contribution in [-0.4, -0.2) is 26.4 Å². The van der Waals surface area contributed by atoms with E-state index in [0.29, 0.717) is 35.2 Å². The van der Waals surface area contributed by atoms with Crippen LogP contribution in [0, 0.1) is 5.82 Å². The maximum Gasteiger partial charge on any atom is 0.163 e. The molecule has 0 saturated carbocycles. The lowest BCUT2D eigenvalue weighted by atomic mass is 10.2. The van der Waals surface area contributed by atoms with Crippen LogP contribution < -0.4 is 14.8 Å². The zero-order chi connectivity index (χ0) is 20.9. The summed E-state index contributed by atoms with van der Waals surface area (Å²) in [5.74, 6) is 0.817. The van der Waals surface area contributed by atoms with Gasteiger partial charge < -0.3 is 19.5 Å². The van der Waals surface area contributed by atoms with Gasteiger partial charge in [0.1, 0.15) is 12.4 Å². The van der Waals surface area contributed by atoms with Crippen molar-refractivity contribution in [2.45, 2.75) is 46.3 Å². The van der Waals surface area contributed by atoms with Crippen LogP contribution >= 0.6 is 11.6 Å². The van der Waals surface area contributed by atoms with Crippen molar-refractivity contribution in [3.8, 4) is 11.5 Å². The van der Waals surface area contributed by atoms with E-state index in [0.717, 1.165) is 44.6 Å². The fraction of sp³-hybridized carbons (Fsp3) is 0.478. The maximum absolute atomic E-state index is 13.8. The van der Waals surface area contributed by atoms with Crippen molar-refractivity contribution in [1.29, 1.82) is 0 Å². The maximum atomic E-state index is 13.8. The Morgan fingerprint density at radius 2 is 1.72 bits per heavy atom. The first-order valence-corrected chi connectivity index (χ1v) is 10.6. The van der Waals surface area contributed by atoms with E-state index in [4.69, 9.17) is 25.8 Å². The van der Waals surface area contributed by atoms with Gasteiger partial charge in [-0.3, -0.25) is 0 Å². The molecule has 0 aliphatic rings. The number of rotatable bonds is 14. The molecule has 0 aromatic heterocycles. The minimum Gasteiger partial charge on any atom is -0.490 e. The Kier molecular flexibility index (Phi) is 10.8. The molecule has 2 aromatic carbocycles. The van der Waals surface area contributed by atoms with Crippen LogP contribution in [0.1, 0.15) is 44.2 Å². The Hall–Kier alpha value is -1.82. The lowest BCUT2D eigenvalue weighted by Gasteiger charge is -2.15. The highest BCUT2D eigenvalue weighted by Gasteiger charge is 2.12. The van der Waals surface area contributed by atoms with Gasteiger partial charge in [0, 0.05) is 36.4 Å². The Morgan fingerprint density at radius 1 is 0.966 bits per heavy atom. The number of unbranched alkanes of at least 4 members (excludes halogenated alkanes) is 1. The average Bonchev–Trinajstić information content (AvgIpc) is 2.72. The van der Waals surface area contributed by atoms with Gasteiger partial charge in [0.2, 0.25) is 0 Å². The van der Waals surface area contributed by atoms with Gasteiger partial charge in [0.15, 0.2) is 11.5 Å². The Labute approximate surface area is 178 Å². The van der Waals surface area contributed by atoms with Crippen LogP contribution in [0.2, 0.25) is 5.02 Å². The molecule has 0 fully saturated rings. The molecule has 0 saturated heterocycles. The summed E-state index contributed by atoms with van der Waals surface area (Å²) in [5.41, 5.74) is 1.42. The minimum absolute atomic E-state index is 0.110. The Balaban J connectivity index is 1.90. The van der Waals surface area contributed by atoms with Gasteiger partial charge in [-0.1, -0.05) is 43.1 Å². The molecular formula is C23H31ClFNO3. The molecule has 0 atom stereocenters. The molecule has 29 heavy (non-hydrogen) atoms. The normalized spacial score (nSPS) is 10.9. The smallest absolute Gasteiger partial charge is 0.163 e. The van der Waals surface area contributed by atoms with E-state index in [1.54, 1.807) is 24.3 Å². The monoisotopic (exact) mass is 423 g/mol. The minimum atomic E-state index is -0.295. The van der Waals surface area contributed by atoms with E-state index in [9.17, 15) is 4.39 Å². The molecule has 0 spiro atoms. The number of nitrogens with one attached hydrogen (secondary N) is 1. The predicted molar refractivity (Wildman–Crippen MR) is 115 cm³/mol. The van der Waals surface area contributed by atoms with E-state index >= 15 is 0 Å². The van der Waals surface area contributed by atoms with Gasteiger partial charge >= 0.3 is 0 Å². The molecule has 6 heteroatoms. The molecule has 0 bridgehead atoms. The van der Waals surface area contributed by atoms with E-state index in [1.165, 1.54) is 6.07 Å². The number of hydrogen-bond donors (Lipinski definition) is 1.